The predicted molar refractivity (Wildman–Crippen MR) is 88.3 cm³/mol. The van der Waals surface area contributed by atoms with Gasteiger partial charge in [0.25, 0.3) is 11.8 Å². The van der Waals surface area contributed by atoms with Crippen LogP contribution in [0.5, 0.6) is 0 Å². The van der Waals surface area contributed by atoms with Gasteiger partial charge in [0.15, 0.2) is 0 Å². The molecular formula is C16H18N4O2S. The summed E-state index contributed by atoms with van der Waals surface area (Å²) in [5.74, 6) is -0.00240. The average Bonchev–Trinajstić information content (AvgIpc) is 3.15. The van der Waals surface area contributed by atoms with Crippen LogP contribution in [0.15, 0.2) is 35.2 Å². The van der Waals surface area contributed by atoms with Gasteiger partial charge in [-0.15, -0.1) is 0 Å². The standard InChI is InChI=1S/C16H18N4O2S/c17-10-14-9-12(1-3-18-14)15(21)19-4-6-20(7-5-19)16(22)13-2-8-23-11-13/h1-3,8-9,11H,4-7,10,17H2. The van der Waals surface area contributed by atoms with E-state index in [1.165, 1.54) is 11.3 Å². The summed E-state index contributed by atoms with van der Waals surface area (Å²) < 4.78 is 0. The number of amides is 2. The molecule has 6 nitrogen and oxygen atoms in total. The molecule has 3 rings (SSSR count). The van der Waals surface area contributed by atoms with Gasteiger partial charge in [0, 0.05) is 49.9 Å². The smallest absolute Gasteiger partial charge is 0.254 e. The number of carbonyl (C=O) groups excluding carboxylic acids is 2. The molecule has 3 heterocycles. The molecule has 2 aromatic heterocycles. The molecule has 120 valence electrons. The van der Waals surface area contributed by atoms with Crippen LogP contribution in [0.1, 0.15) is 26.4 Å². The zero-order chi connectivity index (χ0) is 16.2. The van der Waals surface area contributed by atoms with E-state index in [0.717, 1.165) is 5.56 Å². The molecule has 0 unspecified atom stereocenters. The molecule has 0 aliphatic carbocycles. The summed E-state index contributed by atoms with van der Waals surface area (Å²) in [6.07, 6.45) is 1.60. The van der Waals surface area contributed by atoms with Gasteiger partial charge in [-0.05, 0) is 23.6 Å². The molecule has 1 aliphatic rings. The van der Waals surface area contributed by atoms with E-state index >= 15 is 0 Å². The first-order chi connectivity index (χ1) is 11.2. The van der Waals surface area contributed by atoms with Crippen LogP contribution in [-0.4, -0.2) is 52.8 Å². The summed E-state index contributed by atoms with van der Waals surface area (Å²) in [5.41, 5.74) is 7.58. The molecular weight excluding hydrogens is 312 g/mol. The van der Waals surface area contributed by atoms with Crippen LogP contribution in [0, 0.1) is 0 Å². The van der Waals surface area contributed by atoms with E-state index in [-0.39, 0.29) is 11.8 Å². The molecule has 1 aliphatic heterocycles. The van der Waals surface area contributed by atoms with Gasteiger partial charge >= 0.3 is 0 Å². The molecule has 2 amide bonds. The highest BCUT2D eigenvalue weighted by Crippen LogP contribution is 2.14. The maximum absolute atomic E-state index is 12.5. The fraction of sp³-hybridized carbons (Fsp3) is 0.312. The molecule has 1 saturated heterocycles. The molecule has 0 atom stereocenters. The Hall–Kier alpha value is -2.25. The third kappa shape index (κ3) is 3.40. The SMILES string of the molecule is NCc1cc(C(=O)N2CCN(C(=O)c3ccsc3)CC2)ccn1. The van der Waals surface area contributed by atoms with Crippen LogP contribution in [0.3, 0.4) is 0 Å². The fourth-order valence-corrected chi connectivity index (χ4v) is 3.22. The van der Waals surface area contributed by atoms with Crippen LogP contribution in [-0.2, 0) is 6.54 Å². The number of nitrogens with zero attached hydrogens (tertiary/aromatic N) is 3. The van der Waals surface area contributed by atoms with Crippen molar-refractivity contribution in [3.8, 4) is 0 Å². The van der Waals surface area contributed by atoms with Gasteiger partial charge in [0.1, 0.15) is 0 Å². The van der Waals surface area contributed by atoms with Crippen molar-refractivity contribution >= 4 is 23.2 Å². The Morgan fingerprint density at radius 3 is 2.30 bits per heavy atom. The third-order valence-electron chi connectivity index (χ3n) is 3.89. The maximum Gasteiger partial charge on any atom is 0.254 e. The molecule has 0 bridgehead atoms. The summed E-state index contributed by atoms with van der Waals surface area (Å²) in [6.45, 7) is 2.48. The van der Waals surface area contributed by atoms with Gasteiger partial charge < -0.3 is 15.5 Å². The summed E-state index contributed by atoms with van der Waals surface area (Å²) >= 11 is 1.51. The Bertz CT molecular complexity index is 694. The number of hydrogen-bond acceptors (Lipinski definition) is 5. The molecule has 0 aromatic carbocycles. The van der Waals surface area contributed by atoms with Crippen molar-refractivity contribution in [2.75, 3.05) is 26.2 Å². The van der Waals surface area contributed by atoms with Crippen molar-refractivity contribution in [3.05, 3.63) is 52.0 Å². The Balaban J connectivity index is 1.62. The zero-order valence-electron chi connectivity index (χ0n) is 12.6. The van der Waals surface area contributed by atoms with Gasteiger partial charge in [0.05, 0.1) is 11.3 Å². The number of nitrogens with two attached hydrogens (primary N) is 1. The zero-order valence-corrected chi connectivity index (χ0v) is 13.5. The molecule has 23 heavy (non-hydrogen) atoms. The number of thiophene rings is 1. The van der Waals surface area contributed by atoms with Crippen molar-refractivity contribution in [3.63, 3.8) is 0 Å². The Labute approximate surface area is 138 Å². The van der Waals surface area contributed by atoms with E-state index in [1.54, 1.807) is 28.1 Å². The first-order valence-corrected chi connectivity index (χ1v) is 8.39. The van der Waals surface area contributed by atoms with Gasteiger partial charge in [-0.3, -0.25) is 14.6 Å². The molecule has 0 saturated carbocycles. The highest BCUT2D eigenvalue weighted by atomic mass is 32.1. The minimum absolute atomic E-state index is 0.0349. The van der Waals surface area contributed by atoms with Crippen molar-refractivity contribution in [2.24, 2.45) is 5.73 Å². The van der Waals surface area contributed by atoms with E-state index in [9.17, 15) is 9.59 Å². The van der Waals surface area contributed by atoms with E-state index in [0.29, 0.717) is 44.0 Å². The second-order valence-electron chi connectivity index (χ2n) is 5.34. The Morgan fingerprint density at radius 2 is 1.74 bits per heavy atom. The fourth-order valence-electron chi connectivity index (χ4n) is 2.59. The second-order valence-corrected chi connectivity index (χ2v) is 6.12. The van der Waals surface area contributed by atoms with E-state index in [2.05, 4.69) is 4.98 Å². The minimum Gasteiger partial charge on any atom is -0.335 e. The monoisotopic (exact) mass is 330 g/mol. The second kappa shape index (κ2) is 6.89. The molecule has 2 aromatic rings. The lowest BCUT2D eigenvalue weighted by molar-refractivity contribution is 0.0535. The normalized spacial score (nSPS) is 14.8. The molecule has 0 radical (unpaired) electrons. The van der Waals surface area contributed by atoms with Gasteiger partial charge in [-0.1, -0.05) is 0 Å². The van der Waals surface area contributed by atoms with Crippen molar-refractivity contribution in [2.45, 2.75) is 6.54 Å². The van der Waals surface area contributed by atoms with E-state index in [4.69, 9.17) is 5.73 Å². The van der Waals surface area contributed by atoms with Crippen molar-refractivity contribution in [1.82, 2.24) is 14.8 Å². The average molecular weight is 330 g/mol. The number of aromatic nitrogens is 1. The summed E-state index contributed by atoms with van der Waals surface area (Å²) in [6, 6.07) is 5.26. The third-order valence-corrected chi connectivity index (χ3v) is 4.58. The lowest BCUT2D eigenvalue weighted by Crippen LogP contribution is -2.50. The summed E-state index contributed by atoms with van der Waals surface area (Å²) in [7, 11) is 0. The molecule has 1 fully saturated rings. The van der Waals surface area contributed by atoms with Gasteiger partial charge in [-0.2, -0.15) is 11.3 Å². The summed E-state index contributed by atoms with van der Waals surface area (Å²) in [4.78, 5) is 32.5. The van der Waals surface area contributed by atoms with Gasteiger partial charge in [0.2, 0.25) is 0 Å². The maximum atomic E-state index is 12.5. The van der Waals surface area contributed by atoms with Crippen molar-refractivity contribution in [1.29, 1.82) is 0 Å². The Kier molecular flexibility index (Phi) is 4.68. The van der Waals surface area contributed by atoms with Gasteiger partial charge in [-0.25, -0.2) is 0 Å². The summed E-state index contributed by atoms with van der Waals surface area (Å²) in [5, 5.41) is 3.75. The Morgan fingerprint density at radius 1 is 1.09 bits per heavy atom. The number of piperazine rings is 1. The first kappa shape index (κ1) is 15.6. The largest absolute Gasteiger partial charge is 0.335 e. The van der Waals surface area contributed by atoms with E-state index < -0.39 is 0 Å². The molecule has 7 heteroatoms. The highest BCUT2D eigenvalue weighted by Gasteiger charge is 2.25. The number of rotatable bonds is 3. The van der Waals surface area contributed by atoms with Crippen LogP contribution >= 0.6 is 11.3 Å². The topological polar surface area (TPSA) is 79.5 Å². The van der Waals surface area contributed by atoms with Crippen LogP contribution in [0.2, 0.25) is 0 Å². The van der Waals surface area contributed by atoms with Crippen LogP contribution in [0.25, 0.3) is 0 Å². The molecule has 0 spiro atoms. The number of carbonyl (C=O) groups is 2. The van der Waals surface area contributed by atoms with Crippen molar-refractivity contribution < 1.29 is 9.59 Å². The first-order valence-electron chi connectivity index (χ1n) is 7.45. The highest BCUT2D eigenvalue weighted by molar-refractivity contribution is 7.08. The predicted octanol–water partition coefficient (Wildman–Crippen LogP) is 1.20. The molecule has 2 N–H and O–H groups in total. The minimum atomic E-state index is -0.0373. The number of pyridine rings is 1. The lowest BCUT2D eigenvalue weighted by atomic mass is 10.1. The quantitative estimate of drug-likeness (QED) is 0.917. The van der Waals surface area contributed by atoms with Crippen LogP contribution in [0.4, 0.5) is 0 Å². The number of hydrogen-bond donors (Lipinski definition) is 1. The van der Waals surface area contributed by atoms with Crippen LogP contribution < -0.4 is 5.73 Å². The lowest BCUT2D eigenvalue weighted by Gasteiger charge is -2.34. The van der Waals surface area contributed by atoms with E-state index in [1.807, 2.05) is 16.8 Å².